The van der Waals surface area contributed by atoms with Crippen LogP contribution in [0.5, 0.6) is 23.0 Å². The van der Waals surface area contributed by atoms with Gasteiger partial charge < -0.3 is 34.3 Å². The number of carboxylic acids is 1. The van der Waals surface area contributed by atoms with E-state index >= 15 is 4.39 Å². The van der Waals surface area contributed by atoms with Crippen molar-refractivity contribution in [2.75, 3.05) is 40.5 Å². The predicted octanol–water partition coefficient (Wildman–Crippen LogP) is 3.92. The van der Waals surface area contributed by atoms with Crippen LogP contribution in [0.15, 0.2) is 18.2 Å². The maximum Gasteiger partial charge on any atom is 0.341 e. The Balaban J connectivity index is 1.90. The molecule has 0 saturated carbocycles. The third-order valence-corrected chi connectivity index (χ3v) is 6.67. The van der Waals surface area contributed by atoms with Gasteiger partial charge in [-0.25, -0.2) is 9.18 Å². The number of amidine groups is 1. The minimum Gasteiger partial charge on any atom is -0.493 e. The number of methoxy groups -OCH3 is 2. The highest BCUT2D eigenvalue weighted by Gasteiger charge is 2.33. The van der Waals surface area contributed by atoms with Gasteiger partial charge >= 0.3 is 5.97 Å². The Hall–Kier alpha value is -4.35. The van der Waals surface area contributed by atoms with E-state index in [1.165, 1.54) is 32.1 Å². The smallest absolute Gasteiger partial charge is 0.341 e. The lowest BCUT2D eigenvalue weighted by atomic mass is 9.84. The average Bonchev–Trinajstić information content (AvgIpc) is 3.22. The van der Waals surface area contributed by atoms with Gasteiger partial charge in [0.1, 0.15) is 5.84 Å². The fourth-order valence-corrected chi connectivity index (χ4v) is 4.61. The SMILES string of the molecule is COc1cc2c(c(F)c1OC)C(=N)N(CC(=O)c1cc(OCCCCNC(C)=O)c(OCC(=O)O)c(C(C)(C)C)c1)C2. The topological polar surface area (TPSA) is 147 Å². The first kappa shape index (κ1) is 32.2. The number of nitrogens with zero attached hydrogens (tertiary/aromatic N) is 1. The highest BCUT2D eigenvalue weighted by atomic mass is 19.1. The summed E-state index contributed by atoms with van der Waals surface area (Å²) in [6.45, 7) is 7.16. The standard InChI is InChI=1S/C30H38FN3O8/c1-17(35)33-9-7-8-10-41-23-12-18(11-20(30(2,3)4)27(23)42-16-24(37)38)21(36)15-34-14-19-13-22(39-5)28(40-6)26(31)25(19)29(34)32/h11-13,32H,7-10,14-16H2,1-6H3,(H,33,35)(H,37,38). The minimum atomic E-state index is -1.16. The second-order valence-electron chi connectivity index (χ2n) is 10.9. The van der Waals surface area contributed by atoms with Gasteiger partial charge in [-0.1, -0.05) is 20.8 Å². The largest absolute Gasteiger partial charge is 0.493 e. The Morgan fingerprint density at radius 3 is 2.36 bits per heavy atom. The molecule has 12 heteroatoms. The Morgan fingerprint density at radius 1 is 1.05 bits per heavy atom. The number of aliphatic carboxylic acids is 1. The molecule has 2 aromatic rings. The van der Waals surface area contributed by atoms with Gasteiger partial charge in [0.2, 0.25) is 5.91 Å². The van der Waals surface area contributed by atoms with Crippen molar-refractivity contribution in [3.8, 4) is 23.0 Å². The Kier molecular flexibility index (Phi) is 10.4. The molecule has 11 nitrogen and oxygen atoms in total. The molecule has 1 amide bonds. The number of amides is 1. The molecular weight excluding hydrogens is 549 g/mol. The van der Waals surface area contributed by atoms with Gasteiger partial charge in [-0.2, -0.15) is 0 Å². The van der Waals surface area contributed by atoms with Crippen molar-refractivity contribution in [3.63, 3.8) is 0 Å². The highest BCUT2D eigenvalue weighted by molar-refractivity contribution is 6.06. The van der Waals surface area contributed by atoms with Crippen LogP contribution in [-0.2, 0) is 21.5 Å². The van der Waals surface area contributed by atoms with Crippen molar-refractivity contribution in [2.24, 2.45) is 0 Å². The molecule has 1 aliphatic heterocycles. The first-order valence-electron chi connectivity index (χ1n) is 13.5. The van der Waals surface area contributed by atoms with Crippen LogP contribution in [0, 0.1) is 11.2 Å². The number of rotatable bonds is 14. The lowest BCUT2D eigenvalue weighted by Gasteiger charge is -2.26. The molecule has 3 N–H and O–H groups in total. The quantitative estimate of drug-likeness (QED) is 0.221. The summed E-state index contributed by atoms with van der Waals surface area (Å²) in [5.41, 5.74) is 0.842. The second-order valence-corrected chi connectivity index (χ2v) is 10.9. The normalized spacial score (nSPS) is 12.5. The van der Waals surface area contributed by atoms with E-state index < -0.39 is 23.8 Å². The molecule has 0 spiro atoms. The van der Waals surface area contributed by atoms with Gasteiger partial charge in [0.15, 0.2) is 41.2 Å². The fourth-order valence-electron chi connectivity index (χ4n) is 4.61. The first-order valence-corrected chi connectivity index (χ1v) is 13.5. The number of fused-ring (bicyclic) bond motifs is 1. The molecule has 0 radical (unpaired) electrons. The number of Topliss-reactive ketones (excluding diaryl/α,β-unsaturated/α-hetero) is 1. The van der Waals surface area contributed by atoms with E-state index in [0.29, 0.717) is 30.5 Å². The summed E-state index contributed by atoms with van der Waals surface area (Å²) in [6, 6.07) is 4.74. The van der Waals surface area contributed by atoms with E-state index in [9.17, 15) is 19.5 Å². The predicted molar refractivity (Wildman–Crippen MR) is 153 cm³/mol. The zero-order valence-corrected chi connectivity index (χ0v) is 24.8. The Bertz CT molecular complexity index is 1370. The summed E-state index contributed by atoms with van der Waals surface area (Å²) in [4.78, 5) is 37.5. The first-order chi connectivity index (χ1) is 19.8. The minimum absolute atomic E-state index is 0.0523. The molecule has 2 aromatic carbocycles. The lowest BCUT2D eigenvalue weighted by Crippen LogP contribution is -2.30. The summed E-state index contributed by atoms with van der Waals surface area (Å²) in [5.74, 6) is -1.99. The van der Waals surface area contributed by atoms with Gasteiger partial charge in [-0.05, 0) is 42.0 Å². The molecule has 3 rings (SSSR count). The molecular formula is C30H38FN3O8. The lowest BCUT2D eigenvalue weighted by molar-refractivity contribution is -0.139. The average molecular weight is 588 g/mol. The Morgan fingerprint density at radius 2 is 1.76 bits per heavy atom. The number of nitrogens with one attached hydrogen (secondary N) is 2. The molecule has 0 aliphatic carbocycles. The molecule has 0 aromatic heterocycles. The highest BCUT2D eigenvalue weighted by Crippen LogP contribution is 2.41. The number of halogens is 1. The van der Waals surface area contributed by atoms with Gasteiger partial charge in [0, 0.05) is 31.1 Å². The number of carbonyl (C=O) groups excluding carboxylic acids is 2. The maximum atomic E-state index is 15.2. The molecule has 0 unspecified atom stereocenters. The third kappa shape index (κ3) is 7.48. The Labute approximate surface area is 244 Å². The number of ketones is 1. The number of ether oxygens (including phenoxy) is 4. The van der Waals surface area contributed by atoms with E-state index in [4.69, 9.17) is 24.4 Å². The van der Waals surface area contributed by atoms with Crippen molar-refractivity contribution < 1.29 is 42.8 Å². The van der Waals surface area contributed by atoms with Gasteiger partial charge in [-0.15, -0.1) is 0 Å². The number of hydrogen-bond acceptors (Lipinski definition) is 8. The van der Waals surface area contributed by atoms with Gasteiger partial charge in [0.05, 0.1) is 32.9 Å². The third-order valence-electron chi connectivity index (χ3n) is 6.67. The van der Waals surface area contributed by atoms with Crippen LogP contribution in [0.2, 0.25) is 0 Å². The van der Waals surface area contributed by atoms with Crippen molar-refractivity contribution in [1.29, 1.82) is 5.41 Å². The summed E-state index contributed by atoms with van der Waals surface area (Å²) < 4.78 is 37.2. The number of carbonyl (C=O) groups is 3. The summed E-state index contributed by atoms with van der Waals surface area (Å²) in [7, 11) is 2.71. The van der Waals surface area contributed by atoms with E-state index in [-0.39, 0.29) is 71.3 Å². The summed E-state index contributed by atoms with van der Waals surface area (Å²) in [5, 5.41) is 20.5. The molecule has 228 valence electrons. The number of benzene rings is 2. The fraction of sp³-hybridized carbons (Fsp3) is 0.467. The van der Waals surface area contributed by atoms with Crippen LogP contribution >= 0.6 is 0 Å². The molecule has 0 bridgehead atoms. The molecule has 42 heavy (non-hydrogen) atoms. The zero-order valence-electron chi connectivity index (χ0n) is 24.8. The van der Waals surface area contributed by atoms with Gasteiger partial charge in [0.25, 0.3) is 0 Å². The summed E-state index contributed by atoms with van der Waals surface area (Å²) in [6.07, 6.45) is 1.24. The zero-order chi connectivity index (χ0) is 31.2. The molecule has 0 atom stereocenters. The summed E-state index contributed by atoms with van der Waals surface area (Å²) >= 11 is 0. The molecule has 1 heterocycles. The van der Waals surface area contributed by atoms with Crippen LogP contribution in [-0.4, -0.2) is 74.0 Å². The van der Waals surface area contributed by atoms with E-state index in [1.54, 1.807) is 12.1 Å². The monoisotopic (exact) mass is 587 g/mol. The molecule has 0 fully saturated rings. The van der Waals surface area contributed by atoms with E-state index in [0.717, 1.165) is 0 Å². The van der Waals surface area contributed by atoms with Crippen molar-refractivity contribution in [1.82, 2.24) is 10.2 Å². The number of hydrogen-bond donors (Lipinski definition) is 3. The van der Waals surface area contributed by atoms with E-state index in [1.807, 2.05) is 20.8 Å². The number of carboxylic acid groups (broad SMARTS) is 1. The maximum absolute atomic E-state index is 15.2. The van der Waals surface area contributed by atoms with Crippen LogP contribution < -0.4 is 24.3 Å². The van der Waals surface area contributed by atoms with Crippen LogP contribution in [0.1, 0.15) is 67.6 Å². The second kappa shape index (κ2) is 13.5. The van der Waals surface area contributed by atoms with Crippen molar-refractivity contribution in [2.45, 2.75) is 52.5 Å². The van der Waals surface area contributed by atoms with Gasteiger partial charge in [-0.3, -0.25) is 15.0 Å². The number of unbranched alkanes of at least 4 members (excludes halogenated alkanes) is 1. The van der Waals surface area contributed by atoms with Crippen LogP contribution in [0.4, 0.5) is 4.39 Å². The molecule has 1 aliphatic rings. The van der Waals surface area contributed by atoms with E-state index in [2.05, 4.69) is 5.32 Å². The molecule has 0 saturated heterocycles. The van der Waals surface area contributed by atoms with Crippen molar-refractivity contribution >= 4 is 23.5 Å². The van der Waals surface area contributed by atoms with Crippen LogP contribution in [0.25, 0.3) is 0 Å². The van der Waals surface area contributed by atoms with Crippen LogP contribution in [0.3, 0.4) is 0 Å². The van der Waals surface area contributed by atoms with Crippen molar-refractivity contribution in [3.05, 3.63) is 46.3 Å².